The maximum absolute atomic E-state index is 13.3. The predicted octanol–water partition coefficient (Wildman–Crippen LogP) is 3.65. The smallest absolute Gasteiger partial charge is 0.219 e. The van der Waals surface area contributed by atoms with Gasteiger partial charge in [-0.3, -0.25) is 4.79 Å². The maximum Gasteiger partial charge on any atom is 0.219 e. The molecule has 1 saturated carbocycles. The van der Waals surface area contributed by atoms with Gasteiger partial charge in [0.1, 0.15) is 5.82 Å². The van der Waals surface area contributed by atoms with E-state index >= 15 is 0 Å². The Kier molecular flexibility index (Phi) is 7.18. The van der Waals surface area contributed by atoms with Crippen molar-refractivity contribution in [2.24, 2.45) is 5.92 Å². The van der Waals surface area contributed by atoms with Crippen LogP contribution in [0, 0.1) is 11.7 Å². The van der Waals surface area contributed by atoms with Crippen molar-refractivity contribution in [1.82, 2.24) is 10.2 Å². The monoisotopic (exact) mass is 364 g/mol. The van der Waals surface area contributed by atoms with Crippen molar-refractivity contribution in [2.45, 2.75) is 70.6 Å². The molecule has 2 rings (SSSR count). The van der Waals surface area contributed by atoms with Crippen molar-refractivity contribution in [3.05, 3.63) is 35.6 Å². The summed E-state index contributed by atoms with van der Waals surface area (Å²) in [5, 5.41) is 13.7. The molecule has 146 valence electrons. The Morgan fingerprint density at radius 3 is 2.58 bits per heavy atom. The maximum atomic E-state index is 13.3. The number of halogens is 1. The van der Waals surface area contributed by atoms with Crippen LogP contribution in [-0.4, -0.2) is 41.1 Å². The molecule has 4 nitrogen and oxygen atoms in total. The van der Waals surface area contributed by atoms with E-state index in [4.69, 9.17) is 0 Å². The van der Waals surface area contributed by atoms with Crippen molar-refractivity contribution >= 4 is 5.91 Å². The average Bonchev–Trinajstić information content (AvgIpc) is 2.59. The van der Waals surface area contributed by atoms with Crippen LogP contribution < -0.4 is 5.32 Å². The Bertz CT molecular complexity index is 597. The fourth-order valence-electron chi connectivity index (χ4n) is 3.99. The highest BCUT2D eigenvalue weighted by atomic mass is 19.1. The standard InChI is InChI=1S/C21H33FN2O2/c1-15(25)24(4)19-10-8-16(9-11-19)13-21(2,3)23-14-20(26)17-6-5-7-18(22)12-17/h5-7,12,16,19-20,23,26H,8-11,13-14H2,1-4H3/t16?,19?,20-/m0/s1. The molecule has 1 aromatic rings. The van der Waals surface area contributed by atoms with Crippen molar-refractivity contribution in [3.8, 4) is 0 Å². The molecule has 0 aliphatic heterocycles. The number of β-amino-alcohol motifs (C(OH)–C–C–N with tert-alkyl or cyclic N) is 1. The Balaban J connectivity index is 1.79. The fourth-order valence-corrected chi connectivity index (χ4v) is 3.99. The van der Waals surface area contributed by atoms with Crippen LogP contribution >= 0.6 is 0 Å². The Hall–Kier alpha value is -1.46. The summed E-state index contributed by atoms with van der Waals surface area (Å²) >= 11 is 0. The van der Waals surface area contributed by atoms with Crippen molar-refractivity contribution in [3.63, 3.8) is 0 Å². The number of hydrogen-bond acceptors (Lipinski definition) is 3. The van der Waals surface area contributed by atoms with Crippen LogP contribution in [0.2, 0.25) is 0 Å². The van der Waals surface area contributed by atoms with E-state index in [1.54, 1.807) is 19.1 Å². The van der Waals surface area contributed by atoms with Gasteiger partial charge in [-0.2, -0.15) is 0 Å². The molecule has 26 heavy (non-hydrogen) atoms. The van der Waals surface area contributed by atoms with E-state index < -0.39 is 6.10 Å². The molecular formula is C21H33FN2O2. The zero-order valence-corrected chi connectivity index (χ0v) is 16.5. The summed E-state index contributed by atoms with van der Waals surface area (Å²) in [4.78, 5) is 13.4. The third-order valence-electron chi connectivity index (χ3n) is 5.67. The number of nitrogens with one attached hydrogen (secondary N) is 1. The first kappa shape index (κ1) is 20.8. The molecule has 0 heterocycles. The topological polar surface area (TPSA) is 52.6 Å². The van der Waals surface area contributed by atoms with E-state index in [1.165, 1.54) is 12.1 Å². The Morgan fingerprint density at radius 1 is 1.35 bits per heavy atom. The van der Waals surface area contributed by atoms with Crippen LogP contribution in [0.1, 0.15) is 64.5 Å². The quantitative estimate of drug-likeness (QED) is 0.776. The van der Waals surface area contributed by atoms with E-state index in [0.29, 0.717) is 24.1 Å². The molecule has 0 bridgehead atoms. The Labute approximate surface area is 156 Å². The van der Waals surface area contributed by atoms with Crippen LogP contribution in [0.25, 0.3) is 0 Å². The number of carbonyl (C=O) groups excluding carboxylic acids is 1. The van der Waals surface area contributed by atoms with Gasteiger partial charge in [0, 0.05) is 32.1 Å². The minimum Gasteiger partial charge on any atom is -0.387 e. The number of amides is 1. The first-order valence-electron chi connectivity index (χ1n) is 9.60. The molecule has 0 aromatic heterocycles. The second-order valence-corrected chi connectivity index (χ2v) is 8.34. The summed E-state index contributed by atoms with van der Waals surface area (Å²) in [5.41, 5.74) is 0.499. The van der Waals surface area contributed by atoms with Crippen LogP contribution in [0.3, 0.4) is 0 Å². The molecule has 1 aliphatic carbocycles. The summed E-state index contributed by atoms with van der Waals surface area (Å²) in [6.07, 6.45) is 4.68. The molecule has 1 amide bonds. The lowest BCUT2D eigenvalue weighted by molar-refractivity contribution is -0.130. The van der Waals surface area contributed by atoms with Gasteiger partial charge in [-0.25, -0.2) is 4.39 Å². The summed E-state index contributed by atoms with van der Waals surface area (Å²) in [6, 6.07) is 6.50. The summed E-state index contributed by atoms with van der Waals surface area (Å²) in [7, 11) is 1.90. The normalized spacial score (nSPS) is 22.1. The second-order valence-electron chi connectivity index (χ2n) is 8.34. The van der Waals surface area contributed by atoms with Gasteiger partial charge in [-0.1, -0.05) is 12.1 Å². The van der Waals surface area contributed by atoms with Gasteiger partial charge < -0.3 is 15.3 Å². The van der Waals surface area contributed by atoms with Gasteiger partial charge in [0.2, 0.25) is 5.91 Å². The third-order valence-corrected chi connectivity index (χ3v) is 5.67. The van der Waals surface area contributed by atoms with Crippen molar-refractivity contribution in [1.29, 1.82) is 0 Å². The molecule has 0 unspecified atom stereocenters. The fraction of sp³-hybridized carbons (Fsp3) is 0.667. The zero-order chi connectivity index (χ0) is 19.3. The van der Waals surface area contributed by atoms with Crippen LogP contribution in [0.4, 0.5) is 4.39 Å². The van der Waals surface area contributed by atoms with Gasteiger partial charge in [0.25, 0.3) is 0 Å². The van der Waals surface area contributed by atoms with Gasteiger partial charge >= 0.3 is 0 Å². The molecule has 1 aromatic carbocycles. The van der Waals surface area contributed by atoms with Crippen LogP contribution in [-0.2, 0) is 4.79 Å². The molecule has 1 aliphatic rings. The minimum absolute atomic E-state index is 0.0989. The molecule has 0 spiro atoms. The van der Waals surface area contributed by atoms with Crippen LogP contribution in [0.15, 0.2) is 24.3 Å². The summed E-state index contributed by atoms with van der Waals surface area (Å²) in [5.74, 6) is 0.440. The highest BCUT2D eigenvalue weighted by Gasteiger charge is 2.29. The van der Waals surface area contributed by atoms with Gasteiger partial charge in [0.15, 0.2) is 0 Å². The molecule has 1 atom stereocenters. The van der Waals surface area contributed by atoms with Crippen molar-refractivity contribution in [2.75, 3.05) is 13.6 Å². The number of benzene rings is 1. The van der Waals surface area contributed by atoms with Crippen LogP contribution in [0.5, 0.6) is 0 Å². The lowest BCUT2D eigenvalue weighted by atomic mass is 9.78. The zero-order valence-electron chi connectivity index (χ0n) is 16.5. The molecule has 2 N–H and O–H groups in total. The predicted molar refractivity (Wildman–Crippen MR) is 102 cm³/mol. The summed E-state index contributed by atoms with van der Waals surface area (Å²) < 4.78 is 13.3. The summed E-state index contributed by atoms with van der Waals surface area (Å²) in [6.45, 7) is 6.33. The van der Waals surface area contributed by atoms with E-state index in [2.05, 4.69) is 19.2 Å². The number of aliphatic hydroxyl groups excluding tert-OH is 1. The van der Waals surface area contributed by atoms with Gasteiger partial charge in [0.05, 0.1) is 6.10 Å². The highest BCUT2D eigenvalue weighted by Crippen LogP contribution is 2.32. The lowest BCUT2D eigenvalue weighted by Crippen LogP contribution is -2.44. The Morgan fingerprint density at radius 2 is 2.00 bits per heavy atom. The second kappa shape index (κ2) is 8.96. The number of nitrogens with zero attached hydrogens (tertiary/aromatic N) is 1. The number of aliphatic hydroxyl groups is 1. The number of rotatable bonds is 7. The largest absolute Gasteiger partial charge is 0.387 e. The van der Waals surface area contributed by atoms with E-state index in [0.717, 1.165) is 32.1 Å². The minimum atomic E-state index is -0.718. The number of hydrogen-bond donors (Lipinski definition) is 2. The van der Waals surface area contributed by atoms with Gasteiger partial charge in [-0.05, 0) is 69.6 Å². The molecule has 5 heteroatoms. The first-order valence-corrected chi connectivity index (χ1v) is 9.60. The third kappa shape index (κ3) is 6.06. The van der Waals surface area contributed by atoms with E-state index in [1.807, 2.05) is 11.9 Å². The molecule has 0 saturated heterocycles. The average molecular weight is 365 g/mol. The number of carbonyl (C=O) groups is 1. The highest BCUT2D eigenvalue weighted by molar-refractivity contribution is 5.73. The molecule has 0 radical (unpaired) electrons. The van der Waals surface area contributed by atoms with Crippen molar-refractivity contribution < 1.29 is 14.3 Å². The first-order chi connectivity index (χ1) is 12.2. The van der Waals surface area contributed by atoms with E-state index in [9.17, 15) is 14.3 Å². The van der Waals surface area contributed by atoms with Gasteiger partial charge in [-0.15, -0.1) is 0 Å². The lowest BCUT2D eigenvalue weighted by Gasteiger charge is -2.38. The molecular weight excluding hydrogens is 331 g/mol. The SMILES string of the molecule is CC(=O)N(C)C1CCC(CC(C)(C)NC[C@H](O)c2cccc(F)c2)CC1. The molecule has 1 fully saturated rings. The van der Waals surface area contributed by atoms with E-state index in [-0.39, 0.29) is 17.3 Å².